The Hall–Kier alpha value is -1.22. The van der Waals surface area contributed by atoms with Gasteiger partial charge in [0.25, 0.3) is 0 Å². The molecule has 1 aliphatic rings. The first-order valence-electron chi connectivity index (χ1n) is 5.31. The van der Waals surface area contributed by atoms with Crippen LogP contribution in [-0.2, 0) is 9.53 Å². The second-order valence-electron chi connectivity index (χ2n) is 3.85. The van der Waals surface area contributed by atoms with Gasteiger partial charge in [-0.15, -0.1) is 11.8 Å². The van der Waals surface area contributed by atoms with Crippen molar-refractivity contribution in [3.05, 3.63) is 40.8 Å². The lowest BCUT2D eigenvalue weighted by atomic mass is 10.2. The highest BCUT2D eigenvalue weighted by molar-refractivity contribution is 8.04. The van der Waals surface area contributed by atoms with Crippen LogP contribution >= 0.6 is 11.8 Å². The molecular formula is C13H14O2S. The molecular weight excluding hydrogens is 220 g/mol. The Morgan fingerprint density at radius 3 is 2.62 bits per heavy atom. The molecule has 1 aromatic rings. The van der Waals surface area contributed by atoms with Crippen LogP contribution < -0.4 is 0 Å². The molecule has 1 heterocycles. The summed E-state index contributed by atoms with van der Waals surface area (Å²) in [4.78, 5) is 12.3. The van der Waals surface area contributed by atoms with Gasteiger partial charge in [-0.3, -0.25) is 0 Å². The molecule has 0 bridgehead atoms. The SMILES string of the molecule is C[C@@H]1OC(=O)/C(=C/c2ccccc2)S[C@H]1C. The monoisotopic (exact) mass is 234 g/mol. The van der Waals surface area contributed by atoms with Crippen molar-refractivity contribution in [3.8, 4) is 0 Å². The highest BCUT2D eigenvalue weighted by Gasteiger charge is 2.28. The lowest BCUT2D eigenvalue weighted by Gasteiger charge is -2.26. The Morgan fingerprint density at radius 2 is 1.94 bits per heavy atom. The predicted molar refractivity (Wildman–Crippen MR) is 67.0 cm³/mol. The minimum Gasteiger partial charge on any atom is -0.458 e. The van der Waals surface area contributed by atoms with E-state index in [1.807, 2.05) is 43.3 Å². The van der Waals surface area contributed by atoms with Gasteiger partial charge in [0, 0.05) is 5.25 Å². The van der Waals surface area contributed by atoms with Crippen molar-refractivity contribution in [1.82, 2.24) is 0 Å². The van der Waals surface area contributed by atoms with Crippen LogP contribution in [-0.4, -0.2) is 17.3 Å². The van der Waals surface area contributed by atoms with Crippen LogP contribution in [0.1, 0.15) is 19.4 Å². The third-order valence-corrected chi connectivity index (χ3v) is 3.86. The minimum absolute atomic E-state index is 0.00887. The van der Waals surface area contributed by atoms with E-state index < -0.39 is 0 Å². The van der Waals surface area contributed by atoms with Crippen LogP contribution in [0.15, 0.2) is 35.2 Å². The maximum Gasteiger partial charge on any atom is 0.344 e. The van der Waals surface area contributed by atoms with Gasteiger partial charge in [0.05, 0.1) is 4.91 Å². The molecule has 0 radical (unpaired) electrons. The Morgan fingerprint density at radius 1 is 1.25 bits per heavy atom. The summed E-state index contributed by atoms with van der Waals surface area (Å²) in [5, 5.41) is 0.313. The van der Waals surface area contributed by atoms with E-state index >= 15 is 0 Å². The second kappa shape index (κ2) is 4.74. The zero-order valence-corrected chi connectivity index (χ0v) is 10.2. The van der Waals surface area contributed by atoms with Gasteiger partial charge in [-0.25, -0.2) is 4.79 Å². The zero-order valence-electron chi connectivity index (χ0n) is 9.34. The summed E-state index contributed by atoms with van der Waals surface area (Å²) in [5.41, 5.74) is 1.03. The molecule has 0 saturated carbocycles. The molecule has 16 heavy (non-hydrogen) atoms. The van der Waals surface area contributed by atoms with Crippen molar-refractivity contribution < 1.29 is 9.53 Å². The molecule has 84 valence electrons. The number of cyclic esters (lactones) is 1. The van der Waals surface area contributed by atoms with Gasteiger partial charge in [0.15, 0.2) is 0 Å². The number of hydrogen-bond acceptors (Lipinski definition) is 3. The molecule has 0 aromatic heterocycles. The van der Waals surface area contributed by atoms with Gasteiger partial charge in [-0.1, -0.05) is 30.3 Å². The molecule has 2 nitrogen and oxygen atoms in total. The lowest BCUT2D eigenvalue weighted by molar-refractivity contribution is -0.143. The number of rotatable bonds is 1. The van der Waals surface area contributed by atoms with Crippen LogP contribution in [0, 0.1) is 0 Å². The quantitative estimate of drug-likeness (QED) is 0.551. The third-order valence-electron chi connectivity index (χ3n) is 2.57. The molecule has 1 saturated heterocycles. The Balaban J connectivity index is 2.21. The van der Waals surface area contributed by atoms with E-state index in [9.17, 15) is 4.79 Å². The number of thioether (sulfide) groups is 1. The first-order valence-corrected chi connectivity index (χ1v) is 6.19. The highest BCUT2D eigenvalue weighted by atomic mass is 32.2. The molecule has 0 amide bonds. The van der Waals surface area contributed by atoms with Crippen LogP contribution in [0.25, 0.3) is 6.08 Å². The van der Waals surface area contributed by atoms with E-state index in [4.69, 9.17) is 4.74 Å². The molecule has 1 aliphatic heterocycles. The molecule has 0 N–H and O–H groups in total. The summed E-state index contributed by atoms with van der Waals surface area (Å²) in [5.74, 6) is -0.209. The Bertz CT molecular complexity index is 411. The molecule has 3 heteroatoms. The van der Waals surface area contributed by atoms with E-state index in [-0.39, 0.29) is 12.1 Å². The molecule has 0 unspecified atom stereocenters. The van der Waals surface area contributed by atoms with E-state index in [0.717, 1.165) is 5.56 Å². The van der Waals surface area contributed by atoms with Crippen molar-refractivity contribution >= 4 is 23.8 Å². The van der Waals surface area contributed by atoms with Gasteiger partial charge in [-0.05, 0) is 25.5 Å². The van der Waals surface area contributed by atoms with Crippen molar-refractivity contribution in [2.45, 2.75) is 25.2 Å². The average Bonchev–Trinajstić information content (AvgIpc) is 2.27. The Kier molecular flexibility index (Phi) is 3.34. The fourth-order valence-corrected chi connectivity index (χ4v) is 2.46. The van der Waals surface area contributed by atoms with Gasteiger partial charge in [-0.2, -0.15) is 0 Å². The summed E-state index contributed by atoms with van der Waals surface area (Å²) < 4.78 is 5.26. The number of carbonyl (C=O) groups is 1. The van der Waals surface area contributed by atoms with Crippen LogP contribution in [0.5, 0.6) is 0 Å². The summed E-state index contributed by atoms with van der Waals surface area (Å²) >= 11 is 1.58. The maximum absolute atomic E-state index is 11.6. The predicted octanol–water partition coefficient (Wildman–Crippen LogP) is 3.09. The van der Waals surface area contributed by atoms with E-state index in [1.54, 1.807) is 11.8 Å². The maximum atomic E-state index is 11.6. The highest BCUT2D eigenvalue weighted by Crippen LogP contribution is 2.33. The van der Waals surface area contributed by atoms with Crippen LogP contribution in [0.2, 0.25) is 0 Å². The van der Waals surface area contributed by atoms with Crippen molar-refractivity contribution in [2.24, 2.45) is 0 Å². The fraction of sp³-hybridized carbons (Fsp3) is 0.308. The van der Waals surface area contributed by atoms with Gasteiger partial charge in [0.2, 0.25) is 0 Å². The molecule has 1 fully saturated rings. The zero-order chi connectivity index (χ0) is 11.5. The molecule has 2 rings (SSSR count). The van der Waals surface area contributed by atoms with Gasteiger partial charge < -0.3 is 4.74 Å². The van der Waals surface area contributed by atoms with Crippen molar-refractivity contribution in [2.75, 3.05) is 0 Å². The standard InChI is InChI=1S/C13H14O2S/c1-9-10(2)16-12(13(14)15-9)8-11-6-4-3-5-7-11/h3-10H,1-2H3/b12-8-/t9-,10-/m0/s1. The number of hydrogen-bond donors (Lipinski definition) is 0. The first-order chi connectivity index (χ1) is 7.66. The third kappa shape index (κ3) is 2.47. The minimum atomic E-state index is -0.209. The number of esters is 1. The number of carbonyl (C=O) groups excluding carboxylic acids is 1. The smallest absolute Gasteiger partial charge is 0.344 e. The summed E-state index contributed by atoms with van der Waals surface area (Å²) in [7, 11) is 0. The van der Waals surface area contributed by atoms with E-state index in [2.05, 4.69) is 6.92 Å². The van der Waals surface area contributed by atoms with Gasteiger partial charge >= 0.3 is 5.97 Å². The van der Waals surface area contributed by atoms with Crippen LogP contribution in [0.4, 0.5) is 0 Å². The topological polar surface area (TPSA) is 26.3 Å². The molecule has 2 atom stereocenters. The largest absolute Gasteiger partial charge is 0.458 e. The summed E-state index contributed by atoms with van der Waals surface area (Å²) in [6, 6.07) is 9.82. The normalized spacial score (nSPS) is 27.9. The fourth-order valence-electron chi connectivity index (χ4n) is 1.46. The lowest BCUT2D eigenvalue weighted by Crippen LogP contribution is -2.30. The van der Waals surface area contributed by atoms with E-state index in [1.165, 1.54) is 0 Å². The van der Waals surface area contributed by atoms with Gasteiger partial charge in [0.1, 0.15) is 6.10 Å². The summed E-state index contributed by atoms with van der Waals surface area (Å²) in [6.07, 6.45) is 1.88. The van der Waals surface area contributed by atoms with E-state index in [0.29, 0.717) is 10.2 Å². The first kappa shape index (κ1) is 11.3. The Labute approximate surface area is 99.7 Å². The summed E-state index contributed by atoms with van der Waals surface area (Å²) in [6.45, 7) is 4.00. The number of ether oxygens (including phenoxy) is 1. The second-order valence-corrected chi connectivity index (χ2v) is 5.27. The molecule has 1 aromatic carbocycles. The molecule has 0 aliphatic carbocycles. The van der Waals surface area contributed by atoms with Crippen molar-refractivity contribution in [1.29, 1.82) is 0 Å². The molecule has 0 spiro atoms. The van der Waals surface area contributed by atoms with Crippen LogP contribution in [0.3, 0.4) is 0 Å². The average molecular weight is 234 g/mol. The number of benzene rings is 1. The van der Waals surface area contributed by atoms with Crippen molar-refractivity contribution in [3.63, 3.8) is 0 Å².